The Labute approximate surface area is 166 Å². The first-order valence-electron chi connectivity index (χ1n) is 9.04. The maximum absolute atomic E-state index is 12.2. The Morgan fingerprint density at radius 1 is 1.07 bits per heavy atom. The molecule has 0 aliphatic rings. The van der Waals surface area contributed by atoms with Gasteiger partial charge in [-0.25, -0.2) is 0 Å². The Morgan fingerprint density at radius 2 is 1.75 bits per heavy atom. The van der Waals surface area contributed by atoms with Crippen LogP contribution in [0.5, 0.6) is 0 Å². The zero-order chi connectivity index (χ0) is 20.7. The van der Waals surface area contributed by atoms with Crippen molar-refractivity contribution in [2.75, 3.05) is 14.2 Å². The fraction of sp³-hybridized carbons (Fsp3) is 0.318. The lowest BCUT2D eigenvalue weighted by Crippen LogP contribution is -2.29. The lowest BCUT2D eigenvalue weighted by atomic mass is 9.98. The van der Waals surface area contributed by atoms with Crippen molar-refractivity contribution in [2.24, 2.45) is 10.3 Å². The van der Waals surface area contributed by atoms with Crippen LogP contribution in [0, 0.1) is 20.8 Å². The van der Waals surface area contributed by atoms with Gasteiger partial charge in [-0.1, -0.05) is 57.8 Å². The van der Waals surface area contributed by atoms with Crippen LogP contribution in [-0.4, -0.2) is 31.5 Å². The molecule has 2 rings (SSSR count). The third kappa shape index (κ3) is 5.19. The summed E-state index contributed by atoms with van der Waals surface area (Å²) in [7, 11) is 2.96. The van der Waals surface area contributed by atoms with Crippen molar-refractivity contribution in [1.29, 1.82) is 0 Å². The van der Waals surface area contributed by atoms with Gasteiger partial charge in [-0.3, -0.25) is 4.79 Å². The van der Waals surface area contributed by atoms with Crippen molar-refractivity contribution >= 4 is 17.3 Å². The predicted molar refractivity (Wildman–Crippen MR) is 112 cm³/mol. The molecular weight excluding hydrogens is 354 g/mol. The highest BCUT2D eigenvalue weighted by Gasteiger charge is 2.19. The SMILES string of the molecule is CNC(=O)/C(=N/OC)c1cccc(C)c1CO/N=C(\C)c1cc(C)cc(C)c1. The largest absolute Gasteiger partial charge is 0.398 e. The Balaban J connectivity index is 2.29. The van der Waals surface area contributed by atoms with Gasteiger partial charge in [0.05, 0.1) is 5.71 Å². The number of amides is 1. The molecule has 0 bridgehead atoms. The minimum Gasteiger partial charge on any atom is -0.398 e. The fourth-order valence-corrected chi connectivity index (χ4v) is 2.97. The maximum Gasteiger partial charge on any atom is 0.273 e. The lowest BCUT2D eigenvalue weighted by Gasteiger charge is -2.13. The van der Waals surface area contributed by atoms with Crippen LogP contribution in [-0.2, 0) is 21.1 Å². The van der Waals surface area contributed by atoms with E-state index < -0.39 is 0 Å². The van der Waals surface area contributed by atoms with Crippen molar-refractivity contribution in [2.45, 2.75) is 34.3 Å². The first-order valence-corrected chi connectivity index (χ1v) is 9.04. The highest BCUT2D eigenvalue weighted by atomic mass is 16.6. The molecule has 6 heteroatoms. The molecule has 0 radical (unpaired) electrons. The molecule has 0 saturated heterocycles. The van der Waals surface area contributed by atoms with E-state index in [2.05, 4.69) is 47.7 Å². The highest BCUT2D eigenvalue weighted by molar-refractivity contribution is 6.45. The molecule has 0 atom stereocenters. The number of benzene rings is 2. The van der Waals surface area contributed by atoms with Gasteiger partial charge in [-0.05, 0) is 38.8 Å². The van der Waals surface area contributed by atoms with Crippen LogP contribution in [0.15, 0.2) is 46.7 Å². The smallest absolute Gasteiger partial charge is 0.273 e. The van der Waals surface area contributed by atoms with Gasteiger partial charge in [0, 0.05) is 18.2 Å². The first kappa shape index (κ1) is 21.2. The fourth-order valence-electron chi connectivity index (χ4n) is 2.97. The van der Waals surface area contributed by atoms with E-state index in [4.69, 9.17) is 9.68 Å². The summed E-state index contributed by atoms with van der Waals surface area (Å²) in [6, 6.07) is 11.9. The molecule has 0 aliphatic heterocycles. The van der Waals surface area contributed by atoms with Gasteiger partial charge < -0.3 is 15.0 Å². The normalized spacial score (nSPS) is 11.9. The van der Waals surface area contributed by atoms with Gasteiger partial charge in [0.25, 0.3) is 5.91 Å². The number of hydrogen-bond donors (Lipinski definition) is 1. The molecule has 28 heavy (non-hydrogen) atoms. The molecule has 0 unspecified atom stereocenters. The van der Waals surface area contributed by atoms with Gasteiger partial charge in [-0.2, -0.15) is 0 Å². The molecule has 0 fully saturated rings. The second-order valence-electron chi connectivity index (χ2n) is 6.63. The molecule has 2 aromatic rings. The molecule has 1 N–H and O–H groups in total. The highest BCUT2D eigenvalue weighted by Crippen LogP contribution is 2.18. The molecule has 1 amide bonds. The van der Waals surface area contributed by atoms with Crippen LogP contribution in [0.2, 0.25) is 0 Å². The number of hydrogen-bond acceptors (Lipinski definition) is 5. The van der Waals surface area contributed by atoms with Crippen LogP contribution < -0.4 is 5.32 Å². The third-order valence-electron chi connectivity index (χ3n) is 4.34. The number of oxime groups is 2. The summed E-state index contributed by atoms with van der Waals surface area (Å²) in [5, 5.41) is 10.7. The summed E-state index contributed by atoms with van der Waals surface area (Å²) >= 11 is 0. The number of nitrogens with one attached hydrogen (secondary N) is 1. The minimum atomic E-state index is -0.330. The standard InChI is InChI=1S/C22H27N3O3/c1-14-10-15(2)12-18(11-14)17(4)24-28-13-20-16(3)8-7-9-19(20)21(25-27-6)22(26)23-5/h7-12H,13H2,1-6H3,(H,23,26)/b24-17+,25-21+. The molecule has 0 spiro atoms. The molecule has 6 nitrogen and oxygen atoms in total. The zero-order valence-corrected chi connectivity index (χ0v) is 17.3. The minimum absolute atomic E-state index is 0.197. The van der Waals surface area contributed by atoms with E-state index >= 15 is 0 Å². The third-order valence-corrected chi connectivity index (χ3v) is 4.34. The second kappa shape index (κ2) is 9.69. The molecule has 148 valence electrons. The van der Waals surface area contributed by atoms with Crippen molar-refractivity contribution < 1.29 is 14.5 Å². The number of carbonyl (C=O) groups excluding carboxylic acids is 1. The van der Waals surface area contributed by atoms with E-state index in [-0.39, 0.29) is 18.2 Å². The summed E-state index contributed by atoms with van der Waals surface area (Å²) in [6.07, 6.45) is 0. The van der Waals surface area contributed by atoms with E-state index in [9.17, 15) is 4.79 Å². The first-order chi connectivity index (χ1) is 13.4. The lowest BCUT2D eigenvalue weighted by molar-refractivity contribution is -0.114. The Bertz CT molecular complexity index is 897. The number of carbonyl (C=O) groups is 1. The number of rotatable bonds is 7. The number of nitrogens with zero attached hydrogens (tertiary/aromatic N) is 2. The number of likely N-dealkylation sites (N-methyl/N-ethyl adjacent to an activating group) is 1. The van der Waals surface area contributed by atoms with E-state index in [1.807, 2.05) is 32.0 Å². The zero-order valence-electron chi connectivity index (χ0n) is 17.3. The Hall–Kier alpha value is -3.15. The van der Waals surface area contributed by atoms with Crippen LogP contribution in [0.25, 0.3) is 0 Å². The average Bonchev–Trinajstić information content (AvgIpc) is 2.66. The predicted octanol–water partition coefficient (Wildman–Crippen LogP) is 3.65. The summed E-state index contributed by atoms with van der Waals surface area (Å²) in [5.74, 6) is -0.330. The summed E-state index contributed by atoms with van der Waals surface area (Å²) in [6.45, 7) is 8.19. The van der Waals surface area contributed by atoms with E-state index in [1.54, 1.807) is 7.05 Å². The van der Waals surface area contributed by atoms with E-state index in [0.717, 1.165) is 22.4 Å². The summed E-state index contributed by atoms with van der Waals surface area (Å²) in [5.41, 5.74) is 6.83. The van der Waals surface area contributed by atoms with E-state index in [1.165, 1.54) is 18.2 Å². The monoisotopic (exact) mass is 381 g/mol. The van der Waals surface area contributed by atoms with Gasteiger partial charge in [0.15, 0.2) is 5.71 Å². The second-order valence-corrected chi connectivity index (χ2v) is 6.63. The van der Waals surface area contributed by atoms with Gasteiger partial charge in [0.1, 0.15) is 13.7 Å². The van der Waals surface area contributed by atoms with Crippen LogP contribution in [0.1, 0.15) is 40.3 Å². The summed E-state index contributed by atoms with van der Waals surface area (Å²) in [4.78, 5) is 22.7. The van der Waals surface area contributed by atoms with Crippen molar-refractivity contribution in [1.82, 2.24) is 5.32 Å². The molecule has 2 aromatic carbocycles. The molecular formula is C22H27N3O3. The van der Waals surface area contributed by atoms with Gasteiger partial charge in [0.2, 0.25) is 0 Å². The quantitative estimate of drug-likeness (QED) is 0.588. The molecule has 0 heterocycles. The van der Waals surface area contributed by atoms with Gasteiger partial charge in [-0.15, -0.1) is 0 Å². The topological polar surface area (TPSA) is 72.3 Å². The van der Waals surface area contributed by atoms with Gasteiger partial charge >= 0.3 is 0 Å². The molecule has 0 aromatic heterocycles. The van der Waals surface area contributed by atoms with Crippen LogP contribution in [0.3, 0.4) is 0 Å². The molecule has 0 saturated carbocycles. The summed E-state index contributed by atoms with van der Waals surface area (Å²) < 4.78 is 0. The van der Waals surface area contributed by atoms with Crippen LogP contribution in [0.4, 0.5) is 0 Å². The Kier molecular flexibility index (Phi) is 7.32. The Morgan fingerprint density at radius 3 is 2.36 bits per heavy atom. The van der Waals surface area contributed by atoms with E-state index in [0.29, 0.717) is 5.56 Å². The molecule has 0 aliphatic carbocycles. The van der Waals surface area contributed by atoms with Crippen LogP contribution >= 0.6 is 0 Å². The number of aryl methyl sites for hydroxylation is 3. The van der Waals surface area contributed by atoms with Crippen molar-refractivity contribution in [3.8, 4) is 0 Å². The average molecular weight is 381 g/mol. The maximum atomic E-state index is 12.2. The van der Waals surface area contributed by atoms with Crippen molar-refractivity contribution in [3.05, 3.63) is 69.8 Å². The van der Waals surface area contributed by atoms with Crippen molar-refractivity contribution in [3.63, 3.8) is 0 Å².